The van der Waals surface area contributed by atoms with Crippen LogP contribution in [0.2, 0.25) is 0 Å². The van der Waals surface area contributed by atoms with Crippen molar-refractivity contribution in [3.05, 3.63) is 221 Å². The van der Waals surface area contributed by atoms with Gasteiger partial charge < -0.3 is 4.90 Å². The standard InChI is InChI=1S/C52H41N/c1-3-51(4-2)47-27-17-16-26-43(47)44-30-28-41(34-48(44)51)53(40-24-12-7-13-25-40)42-29-31-45-46-32-36-18-14-15-19-37(36)33-49(46)52(50(45)35-42,38-20-8-5-9-21-38)39-22-10-6-11-23-39/h5-35H,3-4H2,1-2H3. The molecule has 0 amide bonds. The van der Waals surface area contributed by atoms with Gasteiger partial charge in [0.05, 0.1) is 5.41 Å². The van der Waals surface area contributed by atoms with Gasteiger partial charge in [-0.1, -0.05) is 153 Å². The minimum absolute atomic E-state index is 0.0123. The van der Waals surface area contributed by atoms with Gasteiger partial charge in [0.1, 0.15) is 0 Å². The lowest BCUT2D eigenvalue weighted by Crippen LogP contribution is -2.28. The quantitative estimate of drug-likeness (QED) is 0.162. The highest BCUT2D eigenvalue weighted by atomic mass is 15.1. The number of anilines is 3. The first-order chi connectivity index (χ1) is 26.2. The Morgan fingerprint density at radius 3 is 1.45 bits per heavy atom. The van der Waals surface area contributed by atoms with Crippen LogP contribution < -0.4 is 4.90 Å². The zero-order valence-electron chi connectivity index (χ0n) is 30.3. The number of benzene rings is 8. The Morgan fingerprint density at radius 1 is 0.358 bits per heavy atom. The van der Waals surface area contributed by atoms with Crippen molar-refractivity contribution in [2.24, 2.45) is 0 Å². The minimum Gasteiger partial charge on any atom is -0.310 e. The van der Waals surface area contributed by atoms with E-state index in [1.807, 2.05) is 0 Å². The molecule has 8 aromatic carbocycles. The Hall–Kier alpha value is -6.18. The van der Waals surface area contributed by atoms with E-state index in [-0.39, 0.29) is 5.41 Å². The lowest BCUT2D eigenvalue weighted by molar-refractivity contribution is 0.490. The van der Waals surface area contributed by atoms with E-state index in [0.717, 1.165) is 24.2 Å². The second-order valence-electron chi connectivity index (χ2n) is 14.7. The lowest BCUT2D eigenvalue weighted by Gasteiger charge is -2.35. The molecule has 0 fully saturated rings. The van der Waals surface area contributed by atoms with Gasteiger partial charge in [0.15, 0.2) is 0 Å². The molecule has 0 spiro atoms. The van der Waals surface area contributed by atoms with Gasteiger partial charge in [-0.15, -0.1) is 0 Å². The molecule has 10 rings (SSSR count). The Balaban J connectivity index is 1.25. The van der Waals surface area contributed by atoms with Crippen molar-refractivity contribution in [3.8, 4) is 22.3 Å². The number of rotatable bonds is 7. The molecule has 0 atom stereocenters. The summed E-state index contributed by atoms with van der Waals surface area (Å²) in [6, 6.07) is 70.3. The van der Waals surface area contributed by atoms with Gasteiger partial charge in [-0.2, -0.15) is 0 Å². The summed E-state index contributed by atoms with van der Waals surface area (Å²) >= 11 is 0. The summed E-state index contributed by atoms with van der Waals surface area (Å²) in [6.07, 6.45) is 2.12. The summed E-state index contributed by atoms with van der Waals surface area (Å²) < 4.78 is 0. The van der Waals surface area contributed by atoms with E-state index in [1.54, 1.807) is 0 Å². The van der Waals surface area contributed by atoms with Crippen LogP contribution in [-0.4, -0.2) is 0 Å². The molecule has 0 unspecified atom stereocenters. The molecule has 0 saturated carbocycles. The summed E-state index contributed by atoms with van der Waals surface area (Å²) in [5, 5.41) is 2.52. The fraction of sp³-hybridized carbons (Fsp3) is 0.115. The highest BCUT2D eigenvalue weighted by molar-refractivity contribution is 5.97. The highest BCUT2D eigenvalue weighted by Gasteiger charge is 2.47. The first kappa shape index (κ1) is 31.5. The van der Waals surface area contributed by atoms with E-state index in [4.69, 9.17) is 0 Å². The van der Waals surface area contributed by atoms with Gasteiger partial charge in [-0.25, -0.2) is 0 Å². The second-order valence-corrected chi connectivity index (χ2v) is 14.7. The zero-order chi connectivity index (χ0) is 35.6. The molecular formula is C52H41N. The van der Waals surface area contributed by atoms with Crippen LogP contribution >= 0.6 is 0 Å². The topological polar surface area (TPSA) is 3.24 Å². The van der Waals surface area contributed by atoms with E-state index in [9.17, 15) is 0 Å². The van der Waals surface area contributed by atoms with Gasteiger partial charge in [-0.05, 0) is 128 Å². The molecule has 0 saturated heterocycles. The van der Waals surface area contributed by atoms with Crippen molar-refractivity contribution in [1.82, 2.24) is 0 Å². The largest absolute Gasteiger partial charge is 0.310 e. The van der Waals surface area contributed by atoms with Crippen LogP contribution in [0, 0.1) is 0 Å². The molecule has 254 valence electrons. The summed E-state index contributed by atoms with van der Waals surface area (Å²) in [4.78, 5) is 2.47. The average molecular weight is 680 g/mol. The van der Waals surface area contributed by atoms with Crippen LogP contribution in [-0.2, 0) is 10.8 Å². The predicted octanol–water partition coefficient (Wildman–Crippen LogP) is 13.8. The normalized spacial score (nSPS) is 14.3. The number of para-hydroxylation sites is 1. The maximum Gasteiger partial charge on any atom is 0.0714 e. The summed E-state index contributed by atoms with van der Waals surface area (Å²) in [7, 11) is 0. The van der Waals surface area contributed by atoms with Crippen molar-refractivity contribution in [3.63, 3.8) is 0 Å². The van der Waals surface area contributed by atoms with Crippen molar-refractivity contribution >= 4 is 27.8 Å². The van der Waals surface area contributed by atoms with Crippen LogP contribution in [0.25, 0.3) is 33.0 Å². The number of hydrogen-bond acceptors (Lipinski definition) is 1. The summed E-state index contributed by atoms with van der Waals surface area (Å²) in [5.74, 6) is 0. The van der Waals surface area contributed by atoms with Crippen LogP contribution in [0.3, 0.4) is 0 Å². The fourth-order valence-corrected chi connectivity index (χ4v) is 9.92. The molecule has 0 aliphatic heterocycles. The number of fused-ring (bicyclic) bond motifs is 7. The molecule has 0 heterocycles. The van der Waals surface area contributed by atoms with Crippen molar-refractivity contribution in [2.45, 2.75) is 37.5 Å². The Labute approximate surface area is 312 Å². The van der Waals surface area contributed by atoms with Crippen LogP contribution in [0.1, 0.15) is 60.1 Å². The monoisotopic (exact) mass is 679 g/mol. The molecule has 1 heteroatoms. The van der Waals surface area contributed by atoms with Crippen molar-refractivity contribution in [2.75, 3.05) is 4.90 Å². The van der Waals surface area contributed by atoms with Crippen molar-refractivity contribution in [1.29, 1.82) is 0 Å². The minimum atomic E-state index is -0.505. The second kappa shape index (κ2) is 12.2. The average Bonchev–Trinajstić information content (AvgIpc) is 3.67. The zero-order valence-corrected chi connectivity index (χ0v) is 30.3. The summed E-state index contributed by atoms with van der Waals surface area (Å²) in [5.41, 5.74) is 16.4. The Bertz CT molecular complexity index is 2590. The van der Waals surface area contributed by atoms with Gasteiger partial charge in [0, 0.05) is 22.5 Å². The van der Waals surface area contributed by atoms with E-state index in [0.29, 0.717) is 0 Å². The van der Waals surface area contributed by atoms with Crippen LogP contribution in [0.15, 0.2) is 188 Å². The fourth-order valence-electron chi connectivity index (χ4n) is 9.92. The molecule has 1 nitrogen and oxygen atoms in total. The van der Waals surface area contributed by atoms with Crippen LogP contribution in [0.4, 0.5) is 17.1 Å². The summed E-state index contributed by atoms with van der Waals surface area (Å²) in [6.45, 7) is 4.71. The maximum atomic E-state index is 2.49. The van der Waals surface area contributed by atoms with Crippen LogP contribution in [0.5, 0.6) is 0 Å². The van der Waals surface area contributed by atoms with E-state index in [1.165, 1.54) is 72.1 Å². The van der Waals surface area contributed by atoms with E-state index < -0.39 is 5.41 Å². The first-order valence-corrected chi connectivity index (χ1v) is 19.1. The molecule has 0 bridgehead atoms. The molecule has 53 heavy (non-hydrogen) atoms. The molecule has 0 aromatic heterocycles. The molecule has 2 aliphatic carbocycles. The van der Waals surface area contributed by atoms with Crippen molar-refractivity contribution < 1.29 is 0 Å². The smallest absolute Gasteiger partial charge is 0.0714 e. The molecule has 0 N–H and O–H groups in total. The van der Waals surface area contributed by atoms with Gasteiger partial charge >= 0.3 is 0 Å². The SMILES string of the molecule is CCC1(CC)c2ccccc2-c2ccc(N(c3ccccc3)c3ccc4c(c3)C(c3ccccc3)(c3ccccc3)c3cc5ccccc5cc3-4)cc21. The Morgan fingerprint density at radius 2 is 0.830 bits per heavy atom. The molecule has 8 aromatic rings. The number of nitrogens with zero attached hydrogens (tertiary/aromatic N) is 1. The predicted molar refractivity (Wildman–Crippen MR) is 223 cm³/mol. The highest BCUT2D eigenvalue weighted by Crippen LogP contribution is 2.59. The third-order valence-corrected chi connectivity index (χ3v) is 12.4. The maximum absolute atomic E-state index is 2.49. The van der Waals surface area contributed by atoms with E-state index >= 15 is 0 Å². The molecule has 2 aliphatic rings. The lowest BCUT2D eigenvalue weighted by atomic mass is 9.67. The molecular weight excluding hydrogens is 639 g/mol. The Kier molecular flexibility index (Phi) is 7.27. The van der Waals surface area contributed by atoms with Gasteiger partial charge in [0.2, 0.25) is 0 Å². The third-order valence-electron chi connectivity index (χ3n) is 12.4. The third kappa shape index (κ3) is 4.50. The van der Waals surface area contributed by atoms with Gasteiger partial charge in [0.25, 0.3) is 0 Å². The first-order valence-electron chi connectivity index (χ1n) is 19.1. The number of hydrogen-bond donors (Lipinski definition) is 0. The molecule has 0 radical (unpaired) electrons. The van der Waals surface area contributed by atoms with Gasteiger partial charge in [-0.3, -0.25) is 0 Å². The van der Waals surface area contributed by atoms with E-state index in [2.05, 4.69) is 207 Å².